The molecule has 2 aromatic carbocycles. The number of amides is 2. The monoisotopic (exact) mass is 287 g/mol. The van der Waals surface area contributed by atoms with E-state index in [2.05, 4.69) is 10.6 Å². The van der Waals surface area contributed by atoms with Gasteiger partial charge in [0.2, 0.25) is 0 Å². The van der Waals surface area contributed by atoms with Gasteiger partial charge in [0.15, 0.2) is 0 Å². The zero-order chi connectivity index (χ0) is 14.4. The molecule has 2 rings (SSSR count). The van der Waals surface area contributed by atoms with E-state index in [-0.39, 0.29) is 6.03 Å². The molecule has 0 saturated heterocycles. The van der Waals surface area contributed by atoms with Gasteiger partial charge in [0.25, 0.3) is 0 Å². The molecule has 20 heavy (non-hydrogen) atoms. The van der Waals surface area contributed by atoms with Gasteiger partial charge in [-0.25, -0.2) is 4.79 Å². The topological polar surface area (TPSA) is 67.1 Å². The Kier molecular flexibility index (Phi) is 4.63. The second-order valence-electron chi connectivity index (χ2n) is 4.08. The molecule has 0 heterocycles. The SMILES string of the molecule is Nc1ccc(NC(=O)N/C=C/c2ccccc2)c(Cl)c1. The molecule has 2 aromatic rings. The van der Waals surface area contributed by atoms with Gasteiger partial charge in [0.1, 0.15) is 0 Å². The van der Waals surface area contributed by atoms with Crippen molar-refractivity contribution < 1.29 is 4.79 Å². The number of nitrogen functional groups attached to an aromatic ring is 1. The second-order valence-corrected chi connectivity index (χ2v) is 4.49. The fourth-order valence-corrected chi connectivity index (χ4v) is 1.81. The van der Waals surface area contributed by atoms with Crippen molar-refractivity contribution in [3.05, 3.63) is 65.3 Å². The molecular weight excluding hydrogens is 274 g/mol. The largest absolute Gasteiger partial charge is 0.399 e. The number of halogens is 1. The van der Waals surface area contributed by atoms with Crippen LogP contribution in [0.2, 0.25) is 5.02 Å². The number of hydrogen-bond acceptors (Lipinski definition) is 2. The Hall–Kier alpha value is -2.46. The Balaban J connectivity index is 1.91. The van der Waals surface area contributed by atoms with Gasteiger partial charge < -0.3 is 16.4 Å². The standard InChI is InChI=1S/C15H14ClN3O/c16-13-10-12(17)6-7-14(13)19-15(20)18-9-8-11-4-2-1-3-5-11/h1-10H,17H2,(H2,18,19,20)/b9-8+. The number of nitrogens with one attached hydrogen (secondary N) is 2. The van der Waals surface area contributed by atoms with Crippen LogP contribution in [0.1, 0.15) is 5.56 Å². The number of urea groups is 1. The summed E-state index contributed by atoms with van der Waals surface area (Å²) in [7, 11) is 0. The highest BCUT2D eigenvalue weighted by Crippen LogP contribution is 2.23. The van der Waals surface area contributed by atoms with Crippen LogP contribution in [-0.2, 0) is 0 Å². The maximum absolute atomic E-state index is 11.7. The van der Waals surface area contributed by atoms with E-state index in [4.69, 9.17) is 17.3 Å². The van der Waals surface area contributed by atoms with Gasteiger partial charge in [0, 0.05) is 11.9 Å². The summed E-state index contributed by atoms with van der Waals surface area (Å²) in [6.07, 6.45) is 3.36. The number of rotatable bonds is 3. The highest BCUT2D eigenvalue weighted by Gasteiger charge is 2.04. The van der Waals surface area contributed by atoms with Crippen LogP contribution in [-0.4, -0.2) is 6.03 Å². The van der Waals surface area contributed by atoms with Crippen molar-refractivity contribution in [2.75, 3.05) is 11.1 Å². The van der Waals surface area contributed by atoms with E-state index in [1.807, 2.05) is 30.3 Å². The first-order valence-corrected chi connectivity index (χ1v) is 6.37. The fourth-order valence-electron chi connectivity index (χ4n) is 1.57. The van der Waals surface area contributed by atoms with Crippen molar-refractivity contribution in [3.8, 4) is 0 Å². The number of carbonyl (C=O) groups is 1. The van der Waals surface area contributed by atoms with Gasteiger partial charge in [-0.05, 0) is 29.8 Å². The first kappa shape index (κ1) is 14.0. The molecule has 0 aromatic heterocycles. The highest BCUT2D eigenvalue weighted by atomic mass is 35.5. The summed E-state index contributed by atoms with van der Waals surface area (Å²) < 4.78 is 0. The maximum atomic E-state index is 11.7. The van der Waals surface area contributed by atoms with Gasteiger partial charge >= 0.3 is 6.03 Å². The van der Waals surface area contributed by atoms with Gasteiger partial charge in [-0.3, -0.25) is 0 Å². The number of carbonyl (C=O) groups excluding carboxylic acids is 1. The Morgan fingerprint density at radius 2 is 1.90 bits per heavy atom. The van der Waals surface area contributed by atoms with Crippen LogP contribution in [0.4, 0.5) is 16.2 Å². The molecule has 0 fully saturated rings. The minimum atomic E-state index is -0.371. The Morgan fingerprint density at radius 3 is 2.60 bits per heavy atom. The summed E-state index contributed by atoms with van der Waals surface area (Å²) in [5.74, 6) is 0. The van der Waals surface area contributed by atoms with Gasteiger partial charge in [-0.1, -0.05) is 41.9 Å². The Bertz CT molecular complexity index is 626. The van der Waals surface area contributed by atoms with Crippen molar-refractivity contribution in [2.45, 2.75) is 0 Å². The summed E-state index contributed by atoms with van der Waals surface area (Å²) in [4.78, 5) is 11.7. The summed E-state index contributed by atoms with van der Waals surface area (Å²) in [6.45, 7) is 0. The molecule has 0 aliphatic rings. The molecule has 4 nitrogen and oxygen atoms in total. The van der Waals surface area contributed by atoms with Gasteiger partial charge in [-0.15, -0.1) is 0 Å². The smallest absolute Gasteiger partial charge is 0.323 e. The van der Waals surface area contributed by atoms with Crippen LogP contribution in [0, 0.1) is 0 Å². The van der Waals surface area contributed by atoms with Crippen LogP contribution in [0.5, 0.6) is 0 Å². The van der Waals surface area contributed by atoms with Crippen LogP contribution in [0.15, 0.2) is 54.7 Å². The minimum absolute atomic E-state index is 0.371. The van der Waals surface area contributed by atoms with Crippen LogP contribution < -0.4 is 16.4 Å². The lowest BCUT2D eigenvalue weighted by Gasteiger charge is -2.07. The summed E-state index contributed by atoms with van der Waals surface area (Å²) in [5, 5.41) is 5.63. The molecule has 102 valence electrons. The van der Waals surface area contributed by atoms with E-state index < -0.39 is 0 Å². The van der Waals surface area contributed by atoms with E-state index in [0.29, 0.717) is 16.4 Å². The average Bonchev–Trinajstić information content (AvgIpc) is 2.43. The molecule has 5 heteroatoms. The highest BCUT2D eigenvalue weighted by molar-refractivity contribution is 6.34. The van der Waals surface area contributed by atoms with Crippen molar-refractivity contribution in [2.24, 2.45) is 0 Å². The number of anilines is 2. The van der Waals surface area contributed by atoms with Crippen molar-refractivity contribution >= 4 is 35.1 Å². The molecule has 4 N–H and O–H groups in total. The van der Waals surface area contributed by atoms with Crippen LogP contribution >= 0.6 is 11.6 Å². The van der Waals surface area contributed by atoms with Crippen LogP contribution in [0.3, 0.4) is 0 Å². The van der Waals surface area contributed by atoms with Crippen LogP contribution in [0.25, 0.3) is 6.08 Å². The molecule has 0 bridgehead atoms. The minimum Gasteiger partial charge on any atom is -0.399 e. The number of nitrogens with two attached hydrogens (primary N) is 1. The zero-order valence-corrected chi connectivity index (χ0v) is 11.4. The lowest BCUT2D eigenvalue weighted by atomic mass is 10.2. The van der Waals surface area contributed by atoms with Crippen molar-refractivity contribution in [1.82, 2.24) is 5.32 Å². The summed E-state index contributed by atoms with van der Waals surface area (Å²) in [5.41, 5.74) is 7.63. The fraction of sp³-hybridized carbons (Fsp3) is 0. The first-order valence-electron chi connectivity index (χ1n) is 5.99. The predicted molar refractivity (Wildman–Crippen MR) is 83.5 cm³/mol. The van der Waals surface area contributed by atoms with Crippen molar-refractivity contribution in [3.63, 3.8) is 0 Å². The third kappa shape index (κ3) is 4.03. The normalized spacial score (nSPS) is 10.4. The molecule has 0 aliphatic carbocycles. The van der Waals surface area contributed by atoms with E-state index in [1.54, 1.807) is 30.5 Å². The number of hydrogen-bond donors (Lipinski definition) is 3. The predicted octanol–water partition coefficient (Wildman–Crippen LogP) is 3.71. The third-order valence-corrected chi connectivity index (χ3v) is 2.84. The Labute approximate surface area is 122 Å². The molecule has 0 atom stereocenters. The quantitative estimate of drug-likeness (QED) is 0.753. The van der Waals surface area contributed by atoms with Gasteiger partial charge in [-0.2, -0.15) is 0 Å². The molecule has 0 radical (unpaired) electrons. The molecular formula is C15H14ClN3O. The molecule has 0 aliphatic heterocycles. The summed E-state index contributed by atoms with van der Waals surface area (Å²) in [6, 6.07) is 14.2. The lowest BCUT2D eigenvalue weighted by molar-refractivity contribution is 0.255. The van der Waals surface area contributed by atoms with E-state index in [1.165, 1.54) is 0 Å². The van der Waals surface area contributed by atoms with E-state index in [0.717, 1.165) is 5.56 Å². The zero-order valence-electron chi connectivity index (χ0n) is 10.6. The third-order valence-electron chi connectivity index (χ3n) is 2.53. The number of benzene rings is 2. The summed E-state index contributed by atoms with van der Waals surface area (Å²) >= 11 is 5.96. The lowest BCUT2D eigenvalue weighted by Crippen LogP contribution is -2.23. The van der Waals surface area contributed by atoms with E-state index >= 15 is 0 Å². The molecule has 2 amide bonds. The van der Waals surface area contributed by atoms with Crippen molar-refractivity contribution in [1.29, 1.82) is 0 Å². The van der Waals surface area contributed by atoms with Gasteiger partial charge in [0.05, 0.1) is 10.7 Å². The maximum Gasteiger partial charge on any atom is 0.323 e. The molecule has 0 unspecified atom stereocenters. The molecule has 0 saturated carbocycles. The molecule has 0 spiro atoms. The van der Waals surface area contributed by atoms with E-state index in [9.17, 15) is 4.79 Å². The second kappa shape index (κ2) is 6.63. The average molecular weight is 288 g/mol. The first-order chi connectivity index (χ1) is 9.65. The Morgan fingerprint density at radius 1 is 1.15 bits per heavy atom.